The summed E-state index contributed by atoms with van der Waals surface area (Å²) in [6, 6.07) is 0.679. The van der Waals surface area contributed by atoms with Crippen LogP contribution in [0, 0.1) is 5.92 Å². The molecule has 0 saturated carbocycles. The molecule has 4 rings (SSSR count). The van der Waals surface area contributed by atoms with Crippen LogP contribution in [-0.2, 0) is 9.47 Å². The van der Waals surface area contributed by atoms with E-state index in [0.717, 1.165) is 38.8 Å². The molecule has 4 aliphatic rings. The molecule has 4 atom stereocenters. The number of rotatable bonds is 1. The van der Waals surface area contributed by atoms with Gasteiger partial charge in [-0.1, -0.05) is 0 Å². The Hall–Kier alpha value is -0.160. The molecule has 4 saturated heterocycles. The van der Waals surface area contributed by atoms with Gasteiger partial charge < -0.3 is 20.1 Å². The Labute approximate surface area is 122 Å². The summed E-state index contributed by atoms with van der Waals surface area (Å²) in [7, 11) is 0. The van der Waals surface area contributed by atoms with Crippen molar-refractivity contribution in [2.45, 2.75) is 62.1 Å². The molecule has 4 heteroatoms. The Morgan fingerprint density at radius 3 is 2.70 bits per heavy atom. The SMILES string of the molecule is C1COCC2(C1)CC(C1CCC3(CCCO3)CN1)CN2. The van der Waals surface area contributed by atoms with Gasteiger partial charge in [0.25, 0.3) is 0 Å². The van der Waals surface area contributed by atoms with Gasteiger partial charge in [0, 0.05) is 37.9 Å². The molecular weight excluding hydrogens is 252 g/mol. The van der Waals surface area contributed by atoms with Gasteiger partial charge in [-0.3, -0.25) is 0 Å². The molecule has 2 N–H and O–H groups in total. The van der Waals surface area contributed by atoms with Crippen molar-refractivity contribution in [1.29, 1.82) is 0 Å². The summed E-state index contributed by atoms with van der Waals surface area (Å²) in [5.41, 5.74) is 0.484. The summed E-state index contributed by atoms with van der Waals surface area (Å²) in [6.45, 7) is 5.07. The van der Waals surface area contributed by atoms with Crippen LogP contribution in [0.1, 0.15) is 44.9 Å². The molecule has 20 heavy (non-hydrogen) atoms. The zero-order valence-electron chi connectivity index (χ0n) is 12.5. The Morgan fingerprint density at radius 2 is 2.00 bits per heavy atom. The molecule has 0 aliphatic carbocycles. The average Bonchev–Trinajstić information content (AvgIpc) is 3.10. The molecule has 114 valence electrons. The largest absolute Gasteiger partial charge is 0.380 e. The Kier molecular flexibility index (Phi) is 3.53. The highest BCUT2D eigenvalue weighted by Gasteiger charge is 2.46. The molecule has 0 aromatic rings. The molecule has 2 spiro atoms. The lowest BCUT2D eigenvalue weighted by Gasteiger charge is -2.40. The fourth-order valence-corrected chi connectivity index (χ4v) is 4.85. The molecular formula is C16H28N2O2. The summed E-state index contributed by atoms with van der Waals surface area (Å²) >= 11 is 0. The monoisotopic (exact) mass is 280 g/mol. The third-order valence-electron chi connectivity index (χ3n) is 6.07. The van der Waals surface area contributed by atoms with Gasteiger partial charge in [0.15, 0.2) is 0 Å². The molecule has 0 bridgehead atoms. The summed E-state index contributed by atoms with van der Waals surface area (Å²) in [6.07, 6.45) is 8.84. The van der Waals surface area contributed by atoms with Gasteiger partial charge in [-0.25, -0.2) is 0 Å². The minimum atomic E-state index is 0.189. The molecule has 4 fully saturated rings. The highest BCUT2D eigenvalue weighted by atomic mass is 16.5. The molecule has 0 aromatic heterocycles. The zero-order valence-corrected chi connectivity index (χ0v) is 12.5. The molecule has 0 amide bonds. The Morgan fingerprint density at radius 1 is 1.05 bits per heavy atom. The molecule has 4 unspecified atom stereocenters. The summed E-state index contributed by atoms with van der Waals surface area (Å²) in [5.74, 6) is 0.774. The van der Waals surface area contributed by atoms with E-state index in [9.17, 15) is 0 Å². The maximum absolute atomic E-state index is 6.00. The van der Waals surface area contributed by atoms with Crippen molar-refractivity contribution in [3.63, 3.8) is 0 Å². The molecule has 4 aliphatic heterocycles. The van der Waals surface area contributed by atoms with E-state index in [1.807, 2.05) is 0 Å². The van der Waals surface area contributed by atoms with Crippen molar-refractivity contribution in [3.05, 3.63) is 0 Å². The van der Waals surface area contributed by atoms with Crippen molar-refractivity contribution < 1.29 is 9.47 Å². The minimum Gasteiger partial charge on any atom is -0.380 e. The highest BCUT2D eigenvalue weighted by molar-refractivity contribution is 5.03. The smallest absolute Gasteiger partial charge is 0.0807 e. The maximum Gasteiger partial charge on any atom is 0.0807 e. The van der Waals surface area contributed by atoms with Crippen LogP contribution >= 0.6 is 0 Å². The zero-order chi connectivity index (χ0) is 13.5. The number of hydrogen-bond donors (Lipinski definition) is 2. The summed E-state index contributed by atoms with van der Waals surface area (Å²) < 4.78 is 11.7. The number of piperidine rings is 1. The van der Waals surface area contributed by atoms with Crippen molar-refractivity contribution in [2.24, 2.45) is 5.92 Å². The number of ether oxygens (including phenoxy) is 2. The first-order valence-electron chi connectivity index (χ1n) is 8.50. The van der Waals surface area contributed by atoms with Crippen LogP contribution in [0.4, 0.5) is 0 Å². The lowest BCUT2D eigenvalue weighted by Crippen LogP contribution is -2.52. The van der Waals surface area contributed by atoms with Crippen LogP contribution in [0.3, 0.4) is 0 Å². The first-order chi connectivity index (χ1) is 9.79. The second-order valence-corrected chi connectivity index (χ2v) is 7.44. The van der Waals surface area contributed by atoms with Gasteiger partial charge >= 0.3 is 0 Å². The van der Waals surface area contributed by atoms with E-state index < -0.39 is 0 Å². The van der Waals surface area contributed by atoms with Gasteiger partial charge in [-0.15, -0.1) is 0 Å². The van der Waals surface area contributed by atoms with E-state index in [1.54, 1.807) is 0 Å². The second kappa shape index (κ2) is 5.24. The van der Waals surface area contributed by atoms with Crippen molar-refractivity contribution >= 4 is 0 Å². The van der Waals surface area contributed by atoms with Crippen LogP contribution in [0.15, 0.2) is 0 Å². The summed E-state index contributed by atoms with van der Waals surface area (Å²) in [5, 5.41) is 7.59. The third-order valence-corrected chi connectivity index (χ3v) is 6.07. The topological polar surface area (TPSA) is 42.5 Å². The second-order valence-electron chi connectivity index (χ2n) is 7.44. The van der Waals surface area contributed by atoms with Crippen LogP contribution < -0.4 is 10.6 Å². The molecule has 4 nitrogen and oxygen atoms in total. The quantitative estimate of drug-likeness (QED) is 0.763. The van der Waals surface area contributed by atoms with Crippen molar-refractivity contribution in [3.8, 4) is 0 Å². The fourth-order valence-electron chi connectivity index (χ4n) is 4.85. The molecule has 4 heterocycles. The predicted octanol–water partition coefficient (Wildman–Crippen LogP) is 1.45. The van der Waals surface area contributed by atoms with E-state index in [2.05, 4.69) is 10.6 Å². The number of nitrogens with one attached hydrogen (secondary N) is 2. The van der Waals surface area contributed by atoms with E-state index in [4.69, 9.17) is 9.47 Å². The van der Waals surface area contributed by atoms with Gasteiger partial charge in [-0.2, -0.15) is 0 Å². The first-order valence-corrected chi connectivity index (χ1v) is 8.50. The lowest BCUT2D eigenvalue weighted by molar-refractivity contribution is -0.0263. The maximum atomic E-state index is 6.00. The minimum absolute atomic E-state index is 0.189. The number of hydrogen-bond acceptors (Lipinski definition) is 4. The van der Waals surface area contributed by atoms with E-state index in [1.165, 1.54) is 44.9 Å². The standard InChI is InChI=1S/C16H28N2O2/c1-4-15(12-19-7-1)9-13(10-18-15)14-3-6-16(11-17-14)5-2-8-20-16/h13-14,17-18H,1-12H2. The van der Waals surface area contributed by atoms with E-state index >= 15 is 0 Å². The normalized spacial score (nSPS) is 49.2. The van der Waals surface area contributed by atoms with Crippen molar-refractivity contribution in [2.75, 3.05) is 32.9 Å². The average molecular weight is 280 g/mol. The predicted molar refractivity (Wildman–Crippen MR) is 77.8 cm³/mol. The van der Waals surface area contributed by atoms with Gasteiger partial charge in [-0.05, 0) is 50.9 Å². The lowest BCUT2D eigenvalue weighted by atomic mass is 9.80. The van der Waals surface area contributed by atoms with E-state index in [0.29, 0.717) is 11.6 Å². The van der Waals surface area contributed by atoms with Crippen LogP contribution in [0.25, 0.3) is 0 Å². The van der Waals surface area contributed by atoms with Gasteiger partial charge in [0.2, 0.25) is 0 Å². The van der Waals surface area contributed by atoms with Crippen molar-refractivity contribution in [1.82, 2.24) is 10.6 Å². The van der Waals surface area contributed by atoms with Crippen LogP contribution in [0.5, 0.6) is 0 Å². The first kappa shape index (κ1) is 13.5. The molecule has 0 radical (unpaired) electrons. The third kappa shape index (κ3) is 2.41. The highest BCUT2D eigenvalue weighted by Crippen LogP contribution is 2.38. The fraction of sp³-hybridized carbons (Fsp3) is 1.00. The Bertz CT molecular complexity index is 338. The summed E-state index contributed by atoms with van der Waals surface area (Å²) in [4.78, 5) is 0. The van der Waals surface area contributed by atoms with Crippen LogP contribution in [0.2, 0.25) is 0 Å². The van der Waals surface area contributed by atoms with Gasteiger partial charge in [0.1, 0.15) is 0 Å². The van der Waals surface area contributed by atoms with E-state index in [-0.39, 0.29) is 5.60 Å². The van der Waals surface area contributed by atoms with Crippen LogP contribution in [-0.4, -0.2) is 50.1 Å². The Balaban J connectivity index is 1.33. The van der Waals surface area contributed by atoms with Gasteiger partial charge in [0.05, 0.1) is 12.2 Å². The molecule has 0 aromatic carbocycles.